The quantitative estimate of drug-likeness (QED) is 0.640. The van der Waals surface area contributed by atoms with Gasteiger partial charge in [-0.25, -0.2) is 0 Å². The maximum Gasteiger partial charge on any atom is 0.127 e. The van der Waals surface area contributed by atoms with Crippen LogP contribution >= 0.6 is 15.9 Å². The van der Waals surface area contributed by atoms with Gasteiger partial charge in [0, 0.05) is 15.6 Å². The van der Waals surface area contributed by atoms with Gasteiger partial charge < -0.3 is 9.47 Å². The monoisotopic (exact) mass is 374 g/mol. The zero-order chi connectivity index (χ0) is 17.0. The third-order valence-electron chi connectivity index (χ3n) is 3.73. The zero-order valence-corrected chi connectivity index (χ0v) is 15.7. The molecule has 0 N–H and O–H groups in total. The number of benzene rings is 2. The van der Waals surface area contributed by atoms with Crippen LogP contribution in [0.1, 0.15) is 37.5 Å². The molecule has 122 valence electrons. The fourth-order valence-corrected chi connectivity index (χ4v) is 2.61. The van der Waals surface area contributed by atoms with Crippen molar-refractivity contribution in [3.63, 3.8) is 0 Å². The van der Waals surface area contributed by atoms with Crippen LogP contribution in [-0.2, 0) is 12.0 Å². The van der Waals surface area contributed by atoms with Crippen LogP contribution in [0.15, 0.2) is 47.4 Å². The van der Waals surface area contributed by atoms with Crippen molar-refractivity contribution in [2.24, 2.45) is 0 Å². The summed E-state index contributed by atoms with van der Waals surface area (Å²) >= 11 is 3.55. The van der Waals surface area contributed by atoms with Crippen molar-refractivity contribution in [3.05, 3.63) is 64.1 Å². The Labute approximate surface area is 147 Å². The summed E-state index contributed by atoms with van der Waals surface area (Å²) in [5.41, 5.74) is 3.42. The van der Waals surface area contributed by atoms with Gasteiger partial charge in [-0.05, 0) is 41.3 Å². The average Bonchev–Trinajstić information content (AvgIpc) is 2.53. The van der Waals surface area contributed by atoms with E-state index < -0.39 is 0 Å². The molecule has 0 aliphatic carbocycles. The second-order valence-electron chi connectivity index (χ2n) is 6.45. The van der Waals surface area contributed by atoms with Crippen LogP contribution in [0.3, 0.4) is 0 Å². The van der Waals surface area contributed by atoms with E-state index >= 15 is 0 Å². The molecule has 23 heavy (non-hydrogen) atoms. The van der Waals surface area contributed by atoms with Gasteiger partial charge in [-0.3, -0.25) is 0 Å². The Balaban J connectivity index is 2.22. The third kappa shape index (κ3) is 4.38. The van der Waals surface area contributed by atoms with Gasteiger partial charge in [0.25, 0.3) is 0 Å². The molecule has 0 unspecified atom stereocenters. The third-order valence-corrected chi connectivity index (χ3v) is 4.51. The van der Waals surface area contributed by atoms with Crippen LogP contribution in [-0.4, -0.2) is 7.11 Å². The van der Waals surface area contributed by atoms with E-state index in [1.165, 1.54) is 5.56 Å². The number of hydrogen-bond donors (Lipinski definition) is 0. The Morgan fingerprint density at radius 3 is 2.48 bits per heavy atom. The van der Waals surface area contributed by atoms with Crippen molar-refractivity contribution < 1.29 is 9.47 Å². The van der Waals surface area contributed by atoms with Crippen molar-refractivity contribution in [1.82, 2.24) is 0 Å². The summed E-state index contributed by atoms with van der Waals surface area (Å²) in [6.07, 6.45) is 1.84. The Hall–Kier alpha value is -1.74. The highest BCUT2D eigenvalue weighted by atomic mass is 79.9. The summed E-state index contributed by atoms with van der Waals surface area (Å²) in [4.78, 5) is 0. The fraction of sp³-hybridized carbons (Fsp3) is 0.300. The first-order valence-electron chi connectivity index (χ1n) is 7.57. The molecule has 0 aliphatic rings. The predicted octanol–water partition coefficient (Wildman–Crippen LogP) is 5.98. The minimum atomic E-state index is 0.103. The van der Waals surface area contributed by atoms with Crippen molar-refractivity contribution in [2.75, 3.05) is 7.11 Å². The molecule has 0 spiro atoms. The molecule has 2 aromatic rings. The van der Waals surface area contributed by atoms with Gasteiger partial charge in [-0.1, -0.05) is 55.4 Å². The molecule has 0 heterocycles. The topological polar surface area (TPSA) is 18.5 Å². The smallest absolute Gasteiger partial charge is 0.127 e. The summed E-state index contributed by atoms with van der Waals surface area (Å²) in [5, 5.41) is 0. The van der Waals surface area contributed by atoms with Crippen molar-refractivity contribution >= 4 is 22.0 Å². The molecule has 0 radical (unpaired) electrons. The summed E-state index contributed by atoms with van der Waals surface area (Å²) in [5.74, 6) is 1.65. The van der Waals surface area contributed by atoms with E-state index in [9.17, 15) is 0 Å². The predicted molar refractivity (Wildman–Crippen MR) is 100 cm³/mol. The molecule has 0 bridgehead atoms. The van der Waals surface area contributed by atoms with Gasteiger partial charge in [-0.2, -0.15) is 0 Å². The molecule has 0 saturated carbocycles. The second kappa shape index (κ2) is 7.22. The van der Waals surface area contributed by atoms with E-state index in [0.717, 1.165) is 27.1 Å². The minimum Gasteiger partial charge on any atom is -0.497 e. The van der Waals surface area contributed by atoms with E-state index in [-0.39, 0.29) is 5.41 Å². The lowest BCUT2D eigenvalue weighted by atomic mass is 9.86. The Morgan fingerprint density at radius 2 is 1.87 bits per heavy atom. The zero-order valence-electron chi connectivity index (χ0n) is 14.2. The molecular formula is C20H23BrO2. The molecule has 2 nitrogen and oxygen atoms in total. The van der Waals surface area contributed by atoms with Gasteiger partial charge in [0.15, 0.2) is 0 Å². The number of hydrogen-bond acceptors (Lipinski definition) is 2. The van der Waals surface area contributed by atoms with Crippen molar-refractivity contribution in [3.8, 4) is 11.5 Å². The SMILES string of the molecule is C=Cc1cc(C(C)(C)C)ccc1OCc1cc(OC)ccc1Br. The first-order chi connectivity index (χ1) is 10.8. The first-order valence-corrected chi connectivity index (χ1v) is 8.36. The van der Waals surface area contributed by atoms with Gasteiger partial charge in [0.05, 0.1) is 7.11 Å². The average molecular weight is 375 g/mol. The molecule has 0 amide bonds. The largest absolute Gasteiger partial charge is 0.497 e. The van der Waals surface area contributed by atoms with Crippen LogP contribution in [0.2, 0.25) is 0 Å². The highest BCUT2D eigenvalue weighted by Gasteiger charge is 2.15. The maximum atomic E-state index is 6.01. The van der Waals surface area contributed by atoms with Gasteiger partial charge >= 0.3 is 0 Å². The Morgan fingerprint density at radius 1 is 1.13 bits per heavy atom. The van der Waals surface area contributed by atoms with E-state index in [2.05, 4.69) is 55.4 Å². The lowest BCUT2D eigenvalue weighted by molar-refractivity contribution is 0.303. The standard InChI is InChI=1S/C20H23BrO2/c1-6-14-11-16(20(2,3)4)7-10-19(14)23-13-15-12-17(22-5)8-9-18(15)21/h6-12H,1,13H2,2-5H3. The van der Waals surface area contributed by atoms with Crippen LogP contribution in [0, 0.1) is 0 Å². The van der Waals surface area contributed by atoms with E-state index in [4.69, 9.17) is 9.47 Å². The summed E-state index contributed by atoms with van der Waals surface area (Å²) < 4.78 is 12.3. The number of rotatable bonds is 5. The molecule has 0 aliphatic heterocycles. The molecule has 0 atom stereocenters. The van der Waals surface area contributed by atoms with Crippen molar-refractivity contribution in [2.45, 2.75) is 32.8 Å². The van der Waals surface area contributed by atoms with Crippen molar-refractivity contribution in [1.29, 1.82) is 0 Å². The molecule has 2 rings (SSSR count). The number of halogens is 1. The van der Waals surface area contributed by atoms with Gasteiger partial charge in [0.2, 0.25) is 0 Å². The molecule has 3 heteroatoms. The van der Waals surface area contributed by atoms with Gasteiger partial charge in [-0.15, -0.1) is 0 Å². The molecule has 0 saturated heterocycles. The van der Waals surface area contributed by atoms with Crippen LogP contribution in [0.4, 0.5) is 0 Å². The second-order valence-corrected chi connectivity index (χ2v) is 7.31. The molecular weight excluding hydrogens is 352 g/mol. The normalized spacial score (nSPS) is 11.2. The van der Waals surface area contributed by atoms with E-state index in [0.29, 0.717) is 6.61 Å². The maximum absolute atomic E-state index is 6.01. The highest BCUT2D eigenvalue weighted by Crippen LogP contribution is 2.30. The van der Waals surface area contributed by atoms with Crippen LogP contribution < -0.4 is 9.47 Å². The highest BCUT2D eigenvalue weighted by molar-refractivity contribution is 9.10. The lowest BCUT2D eigenvalue weighted by Crippen LogP contribution is -2.11. The molecule has 0 aromatic heterocycles. The van der Waals surface area contributed by atoms with Gasteiger partial charge in [0.1, 0.15) is 18.1 Å². The van der Waals surface area contributed by atoms with Crippen LogP contribution in [0.25, 0.3) is 6.08 Å². The Kier molecular flexibility index (Phi) is 5.53. The fourth-order valence-electron chi connectivity index (χ4n) is 2.25. The van der Waals surface area contributed by atoms with E-state index in [1.54, 1.807) is 7.11 Å². The summed E-state index contributed by atoms with van der Waals surface area (Å²) in [6, 6.07) is 12.1. The van der Waals surface area contributed by atoms with E-state index in [1.807, 2.05) is 30.3 Å². The number of ether oxygens (including phenoxy) is 2. The van der Waals surface area contributed by atoms with Crippen LogP contribution in [0.5, 0.6) is 11.5 Å². The number of methoxy groups -OCH3 is 1. The first kappa shape index (κ1) is 17.6. The summed E-state index contributed by atoms with van der Waals surface area (Å²) in [6.45, 7) is 11.0. The molecule has 2 aromatic carbocycles. The Bertz CT molecular complexity index is 699. The summed E-state index contributed by atoms with van der Waals surface area (Å²) in [7, 11) is 1.66. The minimum absolute atomic E-state index is 0.103. The molecule has 0 fully saturated rings. The lowest BCUT2D eigenvalue weighted by Gasteiger charge is -2.21.